The highest BCUT2D eigenvalue weighted by molar-refractivity contribution is 5.40. The standard InChI is InChI=1S/C16H18N2O2/c1-12(14-6-4-5-9-17-14)18-10-13-11-19-15-7-2-3-8-16(15)20-13/h2-9,12-13,18H,10-11H2,1H3. The zero-order valence-electron chi connectivity index (χ0n) is 11.5. The van der Waals surface area contributed by atoms with Crippen molar-refractivity contribution in [1.82, 2.24) is 10.3 Å². The number of para-hydroxylation sites is 2. The van der Waals surface area contributed by atoms with Gasteiger partial charge in [0, 0.05) is 18.8 Å². The maximum Gasteiger partial charge on any atom is 0.161 e. The third-order valence-corrected chi connectivity index (χ3v) is 3.35. The molecule has 2 atom stereocenters. The van der Waals surface area contributed by atoms with Gasteiger partial charge in [-0.05, 0) is 31.2 Å². The number of pyridine rings is 1. The van der Waals surface area contributed by atoms with Gasteiger partial charge in [-0.15, -0.1) is 0 Å². The Kier molecular flexibility index (Phi) is 3.83. The maximum absolute atomic E-state index is 5.91. The summed E-state index contributed by atoms with van der Waals surface area (Å²) in [7, 11) is 0. The van der Waals surface area contributed by atoms with Gasteiger partial charge in [-0.2, -0.15) is 0 Å². The van der Waals surface area contributed by atoms with Crippen LogP contribution in [0.4, 0.5) is 0 Å². The lowest BCUT2D eigenvalue weighted by Crippen LogP contribution is -2.39. The van der Waals surface area contributed by atoms with Crippen LogP contribution < -0.4 is 14.8 Å². The van der Waals surface area contributed by atoms with Crippen molar-refractivity contribution in [3.05, 3.63) is 54.4 Å². The third-order valence-electron chi connectivity index (χ3n) is 3.35. The summed E-state index contributed by atoms with van der Waals surface area (Å²) < 4.78 is 11.6. The molecule has 1 aliphatic heterocycles. The molecule has 0 aliphatic carbocycles. The smallest absolute Gasteiger partial charge is 0.161 e. The van der Waals surface area contributed by atoms with E-state index in [1.807, 2.05) is 48.7 Å². The largest absolute Gasteiger partial charge is 0.486 e. The summed E-state index contributed by atoms with van der Waals surface area (Å²) in [6.07, 6.45) is 1.83. The minimum atomic E-state index is 0.0241. The molecule has 0 fully saturated rings. The summed E-state index contributed by atoms with van der Waals surface area (Å²) in [6, 6.07) is 13.9. The lowest BCUT2D eigenvalue weighted by Gasteiger charge is -2.27. The lowest BCUT2D eigenvalue weighted by molar-refractivity contribution is 0.0885. The number of hydrogen-bond acceptors (Lipinski definition) is 4. The Labute approximate surface area is 118 Å². The molecule has 0 saturated carbocycles. The molecule has 4 heteroatoms. The van der Waals surface area contributed by atoms with Crippen LogP contribution in [-0.2, 0) is 0 Å². The molecule has 1 aliphatic rings. The van der Waals surface area contributed by atoms with Gasteiger partial charge in [-0.25, -0.2) is 0 Å². The van der Waals surface area contributed by atoms with Crippen molar-refractivity contribution in [3.63, 3.8) is 0 Å². The molecule has 0 amide bonds. The van der Waals surface area contributed by atoms with E-state index in [1.54, 1.807) is 0 Å². The predicted molar refractivity (Wildman–Crippen MR) is 77.0 cm³/mol. The molecule has 3 rings (SSSR count). The van der Waals surface area contributed by atoms with Crippen LogP contribution in [0, 0.1) is 0 Å². The first kappa shape index (κ1) is 12.9. The minimum absolute atomic E-state index is 0.0241. The Morgan fingerprint density at radius 1 is 1.20 bits per heavy atom. The Morgan fingerprint density at radius 3 is 2.80 bits per heavy atom. The van der Waals surface area contributed by atoms with E-state index in [4.69, 9.17) is 9.47 Å². The molecular weight excluding hydrogens is 252 g/mol. The Balaban J connectivity index is 1.55. The Morgan fingerprint density at radius 2 is 2.00 bits per heavy atom. The van der Waals surface area contributed by atoms with Crippen LogP contribution >= 0.6 is 0 Å². The SMILES string of the molecule is CC(NCC1COc2ccccc2O1)c1ccccn1. The second-order valence-electron chi connectivity index (χ2n) is 4.88. The van der Waals surface area contributed by atoms with Crippen molar-refractivity contribution in [2.75, 3.05) is 13.2 Å². The topological polar surface area (TPSA) is 43.4 Å². The fourth-order valence-electron chi connectivity index (χ4n) is 2.21. The van der Waals surface area contributed by atoms with Gasteiger partial charge in [-0.3, -0.25) is 4.98 Å². The molecule has 0 radical (unpaired) electrons. The van der Waals surface area contributed by atoms with E-state index in [-0.39, 0.29) is 12.1 Å². The first-order valence-corrected chi connectivity index (χ1v) is 6.86. The summed E-state index contributed by atoms with van der Waals surface area (Å²) in [4.78, 5) is 4.34. The number of nitrogens with one attached hydrogen (secondary N) is 1. The van der Waals surface area contributed by atoms with E-state index in [2.05, 4.69) is 17.2 Å². The second kappa shape index (κ2) is 5.92. The van der Waals surface area contributed by atoms with Crippen LogP contribution in [0.1, 0.15) is 18.7 Å². The van der Waals surface area contributed by atoms with Crippen molar-refractivity contribution in [2.24, 2.45) is 0 Å². The van der Waals surface area contributed by atoms with Gasteiger partial charge in [0.15, 0.2) is 11.5 Å². The lowest BCUT2D eigenvalue weighted by atomic mass is 10.2. The van der Waals surface area contributed by atoms with Gasteiger partial charge in [0.2, 0.25) is 0 Å². The highest BCUT2D eigenvalue weighted by atomic mass is 16.6. The van der Waals surface area contributed by atoms with Crippen LogP contribution in [0.15, 0.2) is 48.7 Å². The van der Waals surface area contributed by atoms with Gasteiger partial charge < -0.3 is 14.8 Å². The van der Waals surface area contributed by atoms with E-state index in [9.17, 15) is 0 Å². The Hall–Kier alpha value is -2.07. The minimum Gasteiger partial charge on any atom is -0.486 e. The number of ether oxygens (including phenoxy) is 2. The fraction of sp³-hybridized carbons (Fsp3) is 0.312. The average Bonchev–Trinajstić information content (AvgIpc) is 2.53. The molecule has 1 N–H and O–H groups in total. The summed E-state index contributed by atoms with van der Waals surface area (Å²) >= 11 is 0. The Bertz CT molecular complexity index is 559. The van der Waals surface area contributed by atoms with E-state index < -0.39 is 0 Å². The van der Waals surface area contributed by atoms with Crippen molar-refractivity contribution in [1.29, 1.82) is 0 Å². The molecule has 1 aromatic heterocycles. The van der Waals surface area contributed by atoms with Gasteiger partial charge >= 0.3 is 0 Å². The normalized spacial score (nSPS) is 18.6. The molecule has 2 unspecified atom stereocenters. The van der Waals surface area contributed by atoms with E-state index in [0.29, 0.717) is 6.61 Å². The van der Waals surface area contributed by atoms with Crippen LogP contribution in [0.25, 0.3) is 0 Å². The van der Waals surface area contributed by atoms with Crippen molar-refractivity contribution in [2.45, 2.75) is 19.1 Å². The molecule has 104 valence electrons. The quantitative estimate of drug-likeness (QED) is 0.927. The summed E-state index contributed by atoms with van der Waals surface area (Å²) in [5, 5.41) is 3.43. The van der Waals surface area contributed by atoms with Crippen molar-refractivity contribution in [3.8, 4) is 11.5 Å². The predicted octanol–water partition coefficient (Wildman–Crippen LogP) is 2.57. The first-order chi connectivity index (χ1) is 9.83. The fourth-order valence-corrected chi connectivity index (χ4v) is 2.21. The highest BCUT2D eigenvalue weighted by Gasteiger charge is 2.21. The number of fused-ring (bicyclic) bond motifs is 1. The molecule has 2 aromatic rings. The highest BCUT2D eigenvalue weighted by Crippen LogP contribution is 2.30. The molecule has 2 heterocycles. The summed E-state index contributed by atoms with van der Waals surface area (Å²) in [6.45, 7) is 3.39. The number of rotatable bonds is 4. The van der Waals surface area contributed by atoms with Crippen LogP contribution in [0.3, 0.4) is 0 Å². The van der Waals surface area contributed by atoms with Crippen LogP contribution in [0.5, 0.6) is 11.5 Å². The van der Waals surface area contributed by atoms with E-state index >= 15 is 0 Å². The maximum atomic E-state index is 5.91. The van der Waals surface area contributed by atoms with Gasteiger partial charge in [0.1, 0.15) is 12.7 Å². The van der Waals surface area contributed by atoms with Crippen LogP contribution in [0.2, 0.25) is 0 Å². The third kappa shape index (κ3) is 2.91. The average molecular weight is 270 g/mol. The molecule has 20 heavy (non-hydrogen) atoms. The second-order valence-corrected chi connectivity index (χ2v) is 4.88. The molecule has 0 saturated heterocycles. The first-order valence-electron chi connectivity index (χ1n) is 6.86. The summed E-state index contributed by atoms with van der Waals surface area (Å²) in [5.74, 6) is 1.64. The number of hydrogen-bond donors (Lipinski definition) is 1. The monoisotopic (exact) mass is 270 g/mol. The molecule has 0 spiro atoms. The molecule has 0 bridgehead atoms. The van der Waals surface area contributed by atoms with E-state index in [0.717, 1.165) is 23.7 Å². The molecular formula is C16H18N2O2. The van der Waals surface area contributed by atoms with Crippen molar-refractivity contribution >= 4 is 0 Å². The molecule has 4 nitrogen and oxygen atoms in total. The number of aromatic nitrogens is 1. The van der Waals surface area contributed by atoms with E-state index in [1.165, 1.54) is 0 Å². The number of nitrogens with zero attached hydrogens (tertiary/aromatic N) is 1. The van der Waals surface area contributed by atoms with Gasteiger partial charge in [0.05, 0.1) is 5.69 Å². The van der Waals surface area contributed by atoms with Crippen molar-refractivity contribution < 1.29 is 9.47 Å². The summed E-state index contributed by atoms with van der Waals surface area (Å²) in [5.41, 5.74) is 1.03. The number of benzene rings is 1. The van der Waals surface area contributed by atoms with Gasteiger partial charge in [0.25, 0.3) is 0 Å². The van der Waals surface area contributed by atoms with Gasteiger partial charge in [-0.1, -0.05) is 18.2 Å². The zero-order chi connectivity index (χ0) is 13.8. The zero-order valence-corrected chi connectivity index (χ0v) is 11.5. The van der Waals surface area contributed by atoms with Crippen LogP contribution in [-0.4, -0.2) is 24.2 Å². The molecule has 1 aromatic carbocycles.